The van der Waals surface area contributed by atoms with E-state index in [9.17, 15) is 4.79 Å². The predicted octanol–water partition coefficient (Wildman–Crippen LogP) is 2.34. The lowest BCUT2D eigenvalue weighted by Gasteiger charge is -2.18. The number of hydrogen-bond acceptors (Lipinski definition) is 4. The first kappa shape index (κ1) is 14.7. The summed E-state index contributed by atoms with van der Waals surface area (Å²) in [6.45, 7) is 0. The molecular weight excluding hydrogens is 268 g/mol. The largest absolute Gasteiger partial charge is 0.497 e. The Morgan fingerprint density at radius 3 is 2.29 bits per heavy atom. The van der Waals surface area contributed by atoms with Gasteiger partial charge in [0, 0.05) is 11.8 Å². The summed E-state index contributed by atoms with van der Waals surface area (Å²) in [5.74, 6) is 0.908. The third-order valence-corrected chi connectivity index (χ3v) is 3.09. The van der Waals surface area contributed by atoms with Crippen molar-refractivity contribution in [2.45, 2.75) is 6.04 Å². The van der Waals surface area contributed by atoms with Crippen molar-refractivity contribution in [1.82, 2.24) is 0 Å². The van der Waals surface area contributed by atoms with Gasteiger partial charge in [-0.1, -0.05) is 18.2 Å². The highest BCUT2D eigenvalue weighted by Crippen LogP contribution is 2.25. The van der Waals surface area contributed by atoms with Crippen molar-refractivity contribution in [3.05, 3.63) is 54.1 Å². The number of rotatable bonds is 6. The Morgan fingerprint density at radius 1 is 1.05 bits per heavy atom. The fourth-order valence-corrected chi connectivity index (χ4v) is 2.02. The fraction of sp³-hybridized carbons (Fsp3) is 0.188. The van der Waals surface area contributed by atoms with Crippen molar-refractivity contribution in [3.63, 3.8) is 0 Å². The summed E-state index contributed by atoms with van der Waals surface area (Å²) in [5.41, 5.74) is 7.00. The number of carbonyl (C=O) groups excluding carboxylic acids is 1. The van der Waals surface area contributed by atoms with Crippen molar-refractivity contribution in [2.75, 3.05) is 19.5 Å². The van der Waals surface area contributed by atoms with Crippen molar-refractivity contribution in [3.8, 4) is 11.5 Å². The maximum absolute atomic E-state index is 11.7. The molecular formula is C16H18N2O3. The lowest BCUT2D eigenvalue weighted by atomic mass is 10.1. The highest BCUT2D eigenvalue weighted by Gasteiger charge is 2.18. The number of benzene rings is 2. The quantitative estimate of drug-likeness (QED) is 0.855. The van der Waals surface area contributed by atoms with Gasteiger partial charge in [-0.25, -0.2) is 0 Å². The van der Waals surface area contributed by atoms with Crippen LogP contribution in [0.3, 0.4) is 0 Å². The first-order valence-electron chi connectivity index (χ1n) is 6.48. The highest BCUT2D eigenvalue weighted by atomic mass is 16.5. The molecule has 0 aliphatic heterocycles. The highest BCUT2D eigenvalue weighted by molar-refractivity contribution is 5.84. The number of nitrogens with one attached hydrogen (secondary N) is 1. The molecule has 0 aliphatic carbocycles. The number of nitrogens with two attached hydrogens (primary N) is 1. The third kappa shape index (κ3) is 3.66. The van der Waals surface area contributed by atoms with Crippen LogP contribution in [-0.4, -0.2) is 20.1 Å². The molecule has 2 aromatic carbocycles. The molecule has 21 heavy (non-hydrogen) atoms. The van der Waals surface area contributed by atoms with Crippen LogP contribution in [0.4, 0.5) is 5.69 Å². The van der Waals surface area contributed by atoms with E-state index in [-0.39, 0.29) is 0 Å². The Hall–Kier alpha value is -2.69. The Labute approximate surface area is 123 Å². The summed E-state index contributed by atoms with van der Waals surface area (Å²) in [5, 5.41) is 3.11. The van der Waals surface area contributed by atoms with Gasteiger partial charge in [0.2, 0.25) is 5.91 Å². The summed E-state index contributed by atoms with van der Waals surface area (Å²) in [6, 6.07) is 13.9. The molecule has 0 aromatic heterocycles. The number of amides is 1. The molecule has 3 N–H and O–H groups in total. The van der Waals surface area contributed by atoms with Crippen molar-refractivity contribution in [1.29, 1.82) is 0 Å². The number of carbonyl (C=O) groups is 1. The van der Waals surface area contributed by atoms with Crippen LogP contribution >= 0.6 is 0 Å². The van der Waals surface area contributed by atoms with Gasteiger partial charge >= 0.3 is 0 Å². The van der Waals surface area contributed by atoms with E-state index in [2.05, 4.69) is 5.32 Å². The predicted molar refractivity (Wildman–Crippen MR) is 81.5 cm³/mol. The molecule has 2 aromatic rings. The Bertz CT molecular complexity index is 628. The van der Waals surface area contributed by atoms with E-state index in [1.807, 2.05) is 36.4 Å². The molecule has 0 heterocycles. The minimum Gasteiger partial charge on any atom is -0.497 e. The van der Waals surface area contributed by atoms with Crippen LogP contribution in [0, 0.1) is 0 Å². The van der Waals surface area contributed by atoms with E-state index in [1.165, 1.54) is 0 Å². The van der Waals surface area contributed by atoms with E-state index >= 15 is 0 Å². The normalized spacial score (nSPS) is 11.5. The van der Waals surface area contributed by atoms with Gasteiger partial charge in [-0.2, -0.15) is 0 Å². The van der Waals surface area contributed by atoms with Crippen LogP contribution in [0.1, 0.15) is 11.6 Å². The fourth-order valence-electron chi connectivity index (χ4n) is 2.02. The second-order valence-corrected chi connectivity index (χ2v) is 4.49. The van der Waals surface area contributed by atoms with Gasteiger partial charge in [0.1, 0.15) is 17.5 Å². The molecule has 0 radical (unpaired) electrons. The molecule has 0 spiro atoms. The lowest BCUT2D eigenvalue weighted by molar-refractivity contribution is -0.118. The summed E-state index contributed by atoms with van der Waals surface area (Å²) in [4.78, 5) is 11.7. The van der Waals surface area contributed by atoms with Crippen molar-refractivity contribution in [2.24, 2.45) is 5.73 Å². The minimum absolute atomic E-state index is 0.467. The monoisotopic (exact) mass is 286 g/mol. The number of primary amides is 1. The van der Waals surface area contributed by atoms with E-state index < -0.39 is 11.9 Å². The maximum atomic E-state index is 11.7. The zero-order chi connectivity index (χ0) is 15.2. The van der Waals surface area contributed by atoms with Crippen LogP contribution < -0.4 is 20.5 Å². The molecule has 5 heteroatoms. The first-order valence-corrected chi connectivity index (χ1v) is 6.48. The maximum Gasteiger partial charge on any atom is 0.244 e. The average Bonchev–Trinajstić information content (AvgIpc) is 2.52. The van der Waals surface area contributed by atoms with E-state index in [1.54, 1.807) is 26.4 Å². The Kier molecular flexibility index (Phi) is 4.66. The van der Waals surface area contributed by atoms with Gasteiger partial charge < -0.3 is 20.5 Å². The van der Waals surface area contributed by atoms with E-state index in [0.717, 1.165) is 11.3 Å². The molecule has 110 valence electrons. The van der Waals surface area contributed by atoms with E-state index in [0.29, 0.717) is 11.5 Å². The molecule has 0 saturated heterocycles. The van der Waals surface area contributed by atoms with Crippen LogP contribution in [0.2, 0.25) is 0 Å². The topological polar surface area (TPSA) is 73.6 Å². The Morgan fingerprint density at radius 2 is 1.67 bits per heavy atom. The number of ether oxygens (including phenoxy) is 2. The molecule has 1 amide bonds. The standard InChI is InChI=1S/C16H18N2O3/c1-20-13-7-3-5-11(9-13)15(16(17)19)18-12-6-4-8-14(10-12)21-2/h3-10,15,18H,1-2H3,(H2,17,19). The summed E-state index contributed by atoms with van der Waals surface area (Å²) in [7, 11) is 3.17. The Balaban J connectivity index is 2.28. The molecule has 0 fully saturated rings. The van der Waals surface area contributed by atoms with Gasteiger partial charge in [0.15, 0.2) is 0 Å². The van der Waals surface area contributed by atoms with Gasteiger partial charge in [0.05, 0.1) is 14.2 Å². The van der Waals surface area contributed by atoms with Gasteiger partial charge in [-0.3, -0.25) is 4.79 Å². The zero-order valence-electron chi connectivity index (χ0n) is 12.0. The third-order valence-electron chi connectivity index (χ3n) is 3.09. The molecule has 2 rings (SSSR count). The first-order chi connectivity index (χ1) is 10.1. The molecule has 0 aliphatic rings. The second-order valence-electron chi connectivity index (χ2n) is 4.49. The number of anilines is 1. The van der Waals surface area contributed by atoms with Gasteiger partial charge in [-0.15, -0.1) is 0 Å². The smallest absolute Gasteiger partial charge is 0.244 e. The SMILES string of the molecule is COc1cccc(NC(C(N)=O)c2cccc(OC)c2)c1. The zero-order valence-corrected chi connectivity index (χ0v) is 12.0. The average molecular weight is 286 g/mol. The molecule has 1 atom stereocenters. The second kappa shape index (κ2) is 6.65. The van der Waals surface area contributed by atoms with Crippen LogP contribution in [-0.2, 0) is 4.79 Å². The number of methoxy groups -OCH3 is 2. The van der Waals surface area contributed by atoms with Gasteiger partial charge in [0.25, 0.3) is 0 Å². The summed E-state index contributed by atoms with van der Waals surface area (Å²) >= 11 is 0. The molecule has 0 bridgehead atoms. The van der Waals surface area contributed by atoms with Crippen LogP contribution in [0.25, 0.3) is 0 Å². The van der Waals surface area contributed by atoms with Gasteiger partial charge in [-0.05, 0) is 29.8 Å². The molecule has 0 saturated carbocycles. The van der Waals surface area contributed by atoms with E-state index in [4.69, 9.17) is 15.2 Å². The number of hydrogen-bond donors (Lipinski definition) is 2. The minimum atomic E-state index is -0.646. The van der Waals surface area contributed by atoms with Crippen molar-refractivity contribution < 1.29 is 14.3 Å². The summed E-state index contributed by atoms with van der Waals surface area (Å²) < 4.78 is 10.3. The molecule has 1 unspecified atom stereocenters. The van der Waals surface area contributed by atoms with Crippen molar-refractivity contribution >= 4 is 11.6 Å². The van der Waals surface area contributed by atoms with Crippen LogP contribution in [0.15, 0.2) is 48.5 Å². The lowest BCUT2D eigenvalue weighted by Crippen LogP contribution is -2.27. The summed E-state index contributed by atoms with van der Waals surface area (Å²) in [6.07, 6.45) is 0. The van der Waals surface area contributed by atoms with Crippen LogP contribution in [0.5, 0.6) is 11.5 Å². The molecule has 5 nitrogen and oxygen atoms in total.